The van der Waals surface area contributed by atoms with E-state index in [-0.39, 0.29) is 12.1 Å². The highest BCUT2D eigenvalue weighted by atomic mass is 19.4. The number of alkyl halides is 3. The molecule has 1 saturated heterocycles. The van der Waals surface area contributed by atoms with Crippen LogP contribution in [-0.4, -0.2) is 48.3 Å². The first-order valence-corrected chi connectivity index (χ1v) is 8.40. The third-order valence-electron chi connectivity index (χ3n) is 4.80. The first-order chi connectivity index (χ1) is 11.9. The molecule has 1 N–H and O–H groups in total. The summed E-state index contributed by atoms with van der Waals surface area (Å²) in [5.41, 5.74) is 0.455. The van der Waals surface area contributed by atoms with Crippen LogP contribution in [0.3, 0.4) is 0 Å². The zero-order valence-electron chi connectivity index (χ0n) is 14.3. The Morgan fingerprint density at radius 2 is 1.88 bits per heavy atom. The molecule has 1 aromatic carbocycles. The quantitative estimate of drug-likeness (QED) is 0.908. The molecule has 4 nitrogen and oxygen atoms in total. The summed E-state index contributed by atoms with van der Waals surface area (Å²) in [5.74, 6) is 0. The summed E-state index contributed by atoms with van der Waals surface area (Å²) in [4.78, 5) is 6.44. The molecule has 2 aromatic rings. The summed E-state index contributed by atoms with van der Waals surface area (Å²) >= 11 is 0. The molecule has 2 heterocycles. The van der Waals surface area contributed by atoms with E-state index in [1.54, 1.807) is 6.07 Å². The smallest absolute Gasteiger partial charge is 0.380 e. The Kier molecular flexibility index (Phi) is 5.15. The number of hydrogen-bond donors (Lipinski definition) is 1. The van der Waals surface area contributed by atoms with Gasteiger partial charge in [0.15, 0.2) is 0 Å². The van der Waals surface area contributed by atoms with Gasteiger partial charge >= 0.3 is 6.18 Å². The lowest BCUT2D eigenvalue weighted by molar-refractivity contribution is -0.137. The molecule has 25 heavy (non-hydrogen) atoms. The van der Waals surface area contributed by atoms with Crippen molar-refractivity contribution in [3.8, 4) is 0 Å². The lowest BCUT2D eigenvalue weighted by atomic mass is 10.1. The molecule has 2 atom stereocenters. The van der Waals surface area contributed by atoms with Crippen molar-refractivity contribution in [2.75, 3.05) is 31.6 Å². The number of pyridine rings is 1. The molecule has 0 bridgehead atoms. The molecular formula is C18H22F3N3O. The fourth-order valence-corrected chi connectivity index (χ4v) is 3.12. The van der Waals surface area contributed by atoms with E-state index in [4.69, 9.17) is 4.74 Å². The molecule has 0 spiro atoms. The third-order valence-corrected chi connectivity index (χ3v) is 4.80. The van der Waals surface area contributed by atoms with Gasteiger partial charge in [-0.1, -0.05) is 6.07 Å². The van der Waals surface area contributed by atoms with Gasteiger partial charge in [-0.2, -0.15) is 13.2 Å². The minimum atomic E-state index is -4.36. The van der Waals surface area contributed by atoms with E-state index in [1.807, 2.05) is 0 Å². The fraction of sp³-hybridized carbons (Fsp3) is 0.500. The second kappa shape index (κ2) is 7.17. The predicted octanol–water partition coefficient (Wildman–Crippen LogP) is 3.77. The minimum Gasteiger partial charge on any atom is -0.380 e. The summed E-state index contributed by atoms with van der Waals surface area (Å²) in [6, 6.07) is 5.90. The van der Waals surface area contributed by atoms with Crippen LogP contribution in [0.15, 0.2) is 30.5 Å². The van der Waals surface area contributed by atoms with Gasteiger partial charge in [0.2, 0.25) is 0 Å². The maximum Gasteiger partial charge on any atom is 0.416 e. The monoisotopic (exact) mass is 353 g/mol. The highest BCUT2D eigenvalue weighted by molar-refractivity contribution is 5.91. The minimum absolute atomic E-state index is 0.131. The van der Waals surface area contributed by atoms with E-state index in [0.29, 0.717) is 10.9 Å². The lowest BCUT2D eigenvalue weighted by Gasteiger charge is -2.36. The van der Waals surface area contributed by atoms with Crippen LogP contribution in [0, 0.1) is 0 Å². The average Bonchev–Trinajstić information content (AvgIpc) is 2.61. The number of hydrogen-bond acceptors (Lipinski definition) is 4. The Morgan fingerprint density at radius 1 is 1.16 bits per heavy atom. The Hall–Kier alpha value is -1.86. The van der Waals surface area contributed by atoms with Crippen molar-refractivity contribution < 1.29 is 17.9 Å². The van der Waals surface area contributed by atoms with Gasteiger partial charge in [-0.05, 0) is 32.0 Å². The van der Waals surface area contributed by atoms with Gasteiger partial charge in [0.1, 0.15) is 0 Å². The summed E-state index contributed by atoms with van der Waals surface area (Å²) < 4.78 is 44.0. The van der Waals surface area contributed by atoms with Crippen LogP contribution >= 0.6 is 0 Å². The highest BCUT2D eigenvalue weighted by Crippen LogP contribution is 2.32. The number of nitrogens with one attached hydrogen (secondary N) is 1. The van der Waals surface area contributed by atoms with Crippen molar-refractivity contribution in [1.82, 2.24) is 9.88 Å². The molecule has 1 aliphatic heterocycles. The average molecular weight is 353 g/mol. The van der Waals surface area contributed by atoms with Crippen LogP contribution in [0.5, 0.6) is 0 Å². The molecule has 1 fully saturated rings. The zero-order valence-corrected chi connectivity index (χ0v) is 14.3. The van der Waals surface area contributed by atoms with E-state index < -0.39 is 11.7 Å². The van der Waals surface area contributed by atoms with Crippen molar-refractivity contribution in [3.05, 3.63) is 36.0 Å². The molecular weight excluding hydrogens is 331 g/mol. The Bertz CT molecular complexity index is 729. The van der Waals surface area contributed by atoms with Crippen LogP contribution in [0.4, 0.5) is 18.9 Å². The van der Waals surface area contributed by atoms with Gasteiger partial charge in [0.05, 0.1) is 24.3 Å². The van der Waals surface area contributed by atoms with Gasteiger partial charge in [0, 0.05) is 42.4 Å². The van der Waals surface area contributed by atoms with E-state index in [9.17, 15) is 13.2 Å². The Morgan fingerprint density at radius 3 is 2.56 bits per heavy atom. The lowest BCUT2D eigenvalue weighted by Crippen LogP contribution is -2.48. The maximum atomic E-state index is 12.9. The normalized spacial score (nSPS) is 18.9. The van der Waals surface area contributed by atoms with Crippen LogP contribution in [0.25, 0.3) is 10.9 Å². The Labute approximate surface area is 145 Å². The van der Waals surface area contributed by atoms with Crippen LogP contribution in [0.1, 0.15) is 19.4 Å². The van der Waals surface area contributed by atoms with E-state index in [0.717, 1.165) is 44.1 Å². The molecule has 0 amide bonds. The SMILES string of the molecule is CC(Nc1ccnc2cc(C(F)(F)F)ccc12)C(C)N1CCOCC1. The molecule has 2 unspecified atom stereocenters. The summed E-state index contributed by atoms with van der Waals surface area (Å²) in [5, 5.41) is 4.13. The van der Waals surface area contributed by atoms with Gasteiger partial charge < -0.3 is 10.1 Å². The number of ether oxygens (including phenoxy) is 1. The largest absolute Gasteiger partial charge is 0.416 e. The number of morpholine rings is 1. The molecule has 0 radical (unpaired) electrons. The summed E-state index contributed by atoms with van der Waals surface area (Å²) in [6.07, 6.45) is -2.83. The van der Waals surface area contributed by atoms with E-state index in [1.165, 1.54) is 12.3 Å². The standard InChI is InChI=1S/C18H22F3N3O/c1-12(13(2)24-7-9-25-10-8-24)23-16-5-6-22-17-11-14(18(19,20)21)3-4-15(16)17/h3-6,11-13H,7-10H2,1-2H3,(H,22,23). The van der Waals surface area contributed by atoms with Crippen molar-refractivity contribution in [1.29, 1.82) is 0 Å². The van der Waals surface area contributed by atoms with E-state index >= 15 is 0 Å². The van der Waals surface area contributed by atoms with Gasteiger partial charge in [0.25, 0.3) is 0 Å². The number of rotatable bonds is 4. The second-order valence-corrected chi connectivity index (χ2v) is 6.41. The number of anilines is 1. The number of aromatic nitrogens is 1. The van der Waals surface area contributed by atoms with Crippen molar-refractivity contribution in [3.63, 3.8) is 0 Å². The molecule has 0 saturated carbocycles. The molecule has 0 aliphatic carbocycles. The fourth-order valence-electron chi connectivity index (χ4n) is 3.12. The topological polar surface area (TPSA) is 37.4 Å². The van der Waals surface area contributed by atoms with Crippen molar-refractivity contribution >= 4 is 16.6 Å². The second-order valence-electron chi connectivity index (χ2n) is 6.41. The number of halogens is 3. The number of fused-ring (bicyclic) bond motifs is 1. The molecule has 3 rings (SSSR count). The zero-order chi connectivity index (χ0) is 18.0. The van der Waals surface area contributed by atoms with Gasteiger partial charge in [-0.25, -0.2) is 0 Å². The first-order valence-electron chi connectivity index (χ1n) is 8.40. The molecule has 1 aliphatic rings. The number of benzene rings is 1. The van der Waals surface area contributed by atoms with Crippen molar-refractivity contribution in [2.45, 2.75) is 32.1 Å². The van der Waals surface area contributed by atoms with Crippen LogP contribution in [-0.2, 0) is 10.9 Å². The van der Waals surface area contributed by atoms with E-state index in [2.05, 4.69) is 29.0 Å². The predicted molar refractivity (Wildman–Crippen MR) is 91.7 cm³/mol. The maximum absolute atomic E-state index is 12.9. The number of nitrogens with zero attached hydrogens (tertiary/aromatic N) is 2. The Balaban J connectivity index is 1.81. The summed E-state index contributed by atoms with van der Waals surface area (Å²) in [6.45, 7) is 7.47. The summed E-state index contributed by atoms with van der Waals surface area (Å²) in [7, 11) is 0. The third kappa shape index (κ3) is 4.04. The molecule has 7 heteroatoms. The molecule has 136 valence electrons. The van der Waals surface area contributed by atoms with Gasteiger partial charge in [-0.3, -0.25) is 9.88 Å². The molecule has 1 aromatic heterocycles. The first kappa shape index (κ1) is 17.9. The highest BCUT2D eigenvalue weighted by Gasteiger charge is 2.30. The van der Waals surface area contributed by atoms with Crippen LogP contribution in [0.2, 0.25) is 0 Å². The van der Waals surface area contributed by atoms with Gasteiger partial charge in [-0.15, -0.1) is 0 Å². The van der Waals surface area contributed by atoms with Crippen LogP contribution < -0.4 is 5.32 Å². The van der Waals surface area contributed by atoms with Crippen molar-refractivity contribution in [2.24, 2.45) is 0 Å².